The zero-order chi connectivity index (χ0) is 21.6. The molecular weight excluding hydrogens is 397 g/mol. The predicted molar refractivity (Wildman–Crippen MR) is 106 cm³/mol. The highest BCUT2D eigenvalue weighted by atomic mass is 19.4. The second-order valence-electron chi connectivity index (χ2n) is 8.16. The molecule has 0 spiro atoms. The van der Waals surface area contributed by atoms with Crippen LogP contribution < -0.4 is 10.1 Å². The number of hydrogen-bond acceptors (Lipinski definition) is 3. The Hall–Kier alpha value is -2.25. The van der Waals surface area contributed by atoms with Crippen molar-refractivity contribution >= 4 is 11.8 Å². The number of benzene rings is 1. The average Bonchev–Trinajstić information content (AvgIpc) is 2.71. The third kappa shape index (κ3) is 6.64. The summed E-state index contributed by atoms with van der Waals surface area (Å²) in [5.74, 6) is 0.328. The summed E-state index contributed by atoms with van der Waals surface area (Å²) in [4.78, 5) is 26.7. The second kappa shape index (κ2) is 10.2. The first-order valence-electron chi connectivity index (χ1n) is 10.7. The van der Waals surface area contributed by atoms with E-state index in [0.717, 1.165) is 19.4 Å². The van der Waals surface area contributed by atoms with Gasteiger partial charge in [-0.3, -0.25) is 9.59 Å². The zero-order valence-corrected chi connectivity index (χ0v) is 17.0. The van der Waals surface area contributed by atoms with Gasteiger partial charge in [0.1, 0.15) is 5.75 Å². The number of carbonyl (C=O) groups excluding carboxylic acids is 2. The SMILES string of the molecule is O=C(CCCC(=O)N1CCCC2CCCCC21)NCc1ccc(OC(F)(F)F)cc1. The van der Waals surface area contributed by atoms with E-state index in [1.165, 1.54) is 49.9 Å². The first kappa shape index (κ1) is 22.4. The lowest BCUT2D eigenvalue weighted by molar-refractivity contribution is -0.274. The van der Waals surface area contributed by atoms with Crippen molar-refractivity contribution in [1.82, 2.24) is 10.2 Å². The van der Waals surface area contributed by atoms with Crippen molar-refractivity contribution in [3.63, 3.8) is 0 Å². The third-order valence-corrected chi connectivity index (χ3v) is 6.00. The lowest BCUT2D eigenvalue weighted by Gasteiger charge is -2.44. The van der Waals surface area contributed by atoms with Gasteiger partial charge in [0.05, 0.1) is 0 Å². The van der Waals surface area contributed by atoms with E-state index in [1.54, 1.807) is 0 Å². The van der Waals surface area contributed by atoms with E-state index in [9.17, 15) is 22.8 Å². The molecule has 166 valence electrons. The molecule has 2 atom stereocenters. The van der Waals surface area contributed by atoms with Crippen LogP contribution in [0.25, 0.3) is 0 Å². The minimum Gasteiger partial charge on any atom is -0.406 e. The maximum atomic E-state index is 12.6. The normalized spacial score (nSPS) is 21.6. The number of amides is 2. The molecule has 1 aromatic rings. The number of nitrogens with zero attached hydrogens (tertiary/aromatic N) is 1. The maximum absolute atomic E-state index is 12.6. The third-order valence-electron chi connectivity index (χ3n) is 6.00. The Kier molecular flexibility index (Phi) is 7.61. The van der Waals surface area contributed by atoms with E-state index in [2.05, 4.69) is 15.0 Å². The molecule has 1 saturated heterocycles. The molecule has 30 heavy (non-hydrogen) atoms. The van der Waals surface area contributed by atoms with E-state index >= 15 is 0 Å². The van der Waals surface area contributed by atoms with Gasteiger partial charge in [-0.15, -0.1) is 13.2 Å². The van der Waals surface area contributed by atoms with E-state index in [1.807, 2.05) is 0 Å². The highest BCUT2D eigenvalue weighted by Gasteiger charge is 2.35. The van der Waals surface area contributed by atoms with Crippen LogP contribution in [0.15, 0.2) is 24.3 Å². The molecule has 1 heterocycles. The lowest BCUT2D eigenvalue weighted by Crippen LogP contribution is -2.49. The summed E-state index contributed by atoms with van der Waals surface area (Å²) >= 11 is 0. The van der Waals surface area contributed by atoms with E-state index < -0.39 is 6.36 Å². The van der Waals surface area contributed by atoms with E-state index in [0.29, 0.717) is 30.4 Å². The fourth-order valence-corrected chi connectivity index (χ4v) is 4.58. The minimum atomic E-state index is -4.72. The number of carbonyl (C=O) groups is 2. The molecule has 1 saturated carbocycles. The van der Waals surface area contributed by atoms with E-state index in [-0.39, 0.29) is 30.5 Å². The molecule has 3 rings (SSSR count). The van der Waals surface area contributed by atoms with Gasteiger partial charge < -0.3 is 15.0 Å². The smallest absolute Gasteiger partial charge is 0.406 e. The molecule has 1 aliphatic heterocycles. The topological polar surface area (TPSA) is 58.6 Å². The fraction of sp³-hybridized carbons (Fsp3) is 0.636. The summed E-state index contributed by atoms with van der Waals surface area (Å²) in [7, 11) is 0. The second-order valence-corrected chi connectivity index (χ2v) is 8.16. The molecule has 2 amide bonds. The highest BCUT2D eigenvalue weighted by molar-refractivity contribution is 5.79. The highest BCUT2D eigenvalue weighted by Crippen LogP contribution is 2.35. The summed E-state index contributed by atoms with van der Waals surface area (Å²) in [6.07, 6.45) is 3.47. The van der Waals surface area contributed by atoms with Crippen LogP contribution >= 0.6 is 0 Å². The number of fused-ring (bicyclic) bond motifs is 1. The molecule has 0 radical (unpaired) electrons. The van der Waals surface area contributed by atoms with Crippen LogP contribution in [0.1, 0.15) is 63.4 Å². The van der Waals surface area contributed by atoms with Gasteiger partial charge in [-0.1, -0.05) is 25.0 Å². The summed E-state index contributed by atoms with van der Waals surface area (Å²) in [6, 6.07) is 5.76. The quantitative estimate of drug-likeness (QED) is 0.696. The van der Waals surface area contributed by atoms with Crippen LogP contribution in [0.4, 0.5) is 13.2 Å². The van der Waals surface area contributed by atoms with Crippen LogP contribution in [0.2, 0.25) is 0 Å². The minimum absolute atomic E-state index is 0.152. The molecule has 0 bridgehead atoms. The van der Waals surface area contributed by atoms with Gasteiger partial charge in [0.15, 0.2) is 0 Å². The zero-order valence-electron chi connectivity index (χ0n) is 17.0. The van der Waals surface area contributed by atoms with Gasteiger partial charge >= 0.3 is 6.36 Å². The van der Waals surface area contributed by atoms with Crippen molar-refractivity contribution in [2.75, 3.05) is 6.54 Å². The first-order chi connectivity index (χ1) is 14.3. The molecule has 2 aliphatic rings. The molecule has 5 nitrogen and oxygen atoms in total. The van der Waals surface area contributed by atoms with Gasteiger partial charge in [0.2, 0.25) is 11.8 Å². The molecule has 1 aromatic carbocycles. The van der Waals surface area contributed by atoms with Crippen LogP contribution in [-0.4, -0.2) is 35.7 Å². The van der Waals surface area contributed by atoms with Crippen molar-refractivity contribution < 1.29 is 27.5 Å². The molecule has 2 fully saturated rings. The van der Waals surface area contributed by atoms with Gasteiger partial charge in [-0.2, -0.15) is 0 Å². The fourth-order valence-electron chi connectivity index (χ4n) is 4.58. The number of ether oxygens (including phenoxy) is 1. The monoisotopic (exact) mass is 426 g/mol. The number of likely N-dealkylation sites (tertiary alicyclic amines) is 1. The average molecular weight is 426 g/mol. The van der Waals surface area contributed by atoms with Crippen molar-refractivity contribution in [2.45, 2.75) is 76.7 Å². The van der Waals surface area contributed by atoms with Crippen molar-refractivity contribution in [3.8, 4) is 5.75 Å². The Bertz CT molecular complexity index is 719. The van der Waals surface area contributed by atoms with Crippen molar-refractivity contribution in [3.05, 3.63) is 29.8 Å². The Balaban J connectivity index is 1.36. The number of halogens is 3. The van der Waals surface area contributed by atoms with Gasteiger partial charge in [-0.05, 0) is 55.7 Å². The molecule has 1 N–H and O–H groups in total. The van der Waals surface area contributed by atoms with Crippen LogP contribution in [-0.2, 0) is 16.1 Å². The van der Waals surface area contributed by atoms with Gasteiger partial charge in [0, 0.05) is 32.0 Å². The van der Waals surface area contributed by atoms with Gasteiger partial charge in [0.25, 0.3) is 0 Å². The lowest BCUT2D eigenvalue weighted by atomic mass is 9.78. The largest absolute Gasteiger partial charge is 0.573 e. The number of nitrogens with one attached hydrogen (secondary N) is 1. The summed E-state index contributed by atoms with van der Waals surface area (Å²) in [6.45, 7) is 1.05. The number of alkyl halides is 3. The number of piperidine rings is 1. The van der Waals surface area contributed by atoms with Crippen molar-refractivity contribution in [1.29, 1.82) is 0 Å². The molecule has 2 unspecified atom stereocenters. The Morgan fingerprint density at radius 1 is 1.03 bits per heavy atom. The molecule has 0 aromatic heterocycles. The molecule has 8 heteroatoms. The van der Waals surface area contributed by atoms with E-state index in [4.69, 9.17) is 0 Å². The molecule has 1 aliphatic carbocycles. The number of hydrogen-bond donors (Lipinski definition) is 1. The Morgan fingerprint density at radius 3 is 2.47 bits per heavy atom. The van der Waals surface area contributed by atoms with Crippen molar-refractivity contribution in [2.24, 2.45) is 5.92 Å². The summed E-state index contributed by atoms with van der Waals surface area (Å²) < 4.78 is 40.3. The van der Waals surface area contributed by atoms with Gasteiger partial charge in [-0.25, -0.2) is 0 Å². The summed E-state index contributed by atoms with van der Waals surface area (Å²) in [5, 5.41) is 2.74. The first-order valence-corrected chi connectivity index (χ1v) is 10.7. The van der Waals surface area contributed by atoms with Crippen LogP contribution in [0.3, 0.4) is 0 Å². The van der Waals surface area contributed by atoms with Crippen LogP contribution in [0.5, 0.6) is 5.75 Å². The standard InChI is InChI=1S/C22H29F3N2O3/c23-22(24,25)30-18-12-10-16(11-13-18)15-26-20(28)8-3-9-21(29)27-14-4-6-17-5-1-2-7-19(17)27/h10-13,17,19H,1-9,14-15H2,(H,26,28). The maximum Gasteiger partial charge on any atom is 0.573 e. The Labute approximate surface area is 175 Å². The number of rotatable bonds is 7. The molecular formula is C22H29F3N2O3. The summed E-state index contributed by atoms with van der Waals surface area (Å²) in [5.41, 5.74) is 0.672. The van der Waals surface area contributed by atoms with Crippen LogP contribution in [0, 0.1) is 5.92 Å². The Morgan fingerprint density at radius 2 is 1.73 bits per heavy atom. The predicted octanol–water partition coefficient (Wildman–Crippen LogP) is 4.55.